The van der Waals surface area contributed by atoms with Crippen LogP contribution in [0.25, 0.3) is 0 Å². The molecule has 1 aliphatic rings. The van der Waals surface area contributed by atoms with E-state index in [-0.39, 0.29) is 12.1 Å². The van der Waals surface area contributed by atoms with Gasteiger partial charge in [0.25, 0.3) is 0 Å². The lowest BCUT2D eigenvalue weighted by molar-refractivity contribution is 0.195. The van der Waals surface area contributed by atoms with Gasteiger partial charge in [-0.3, -0.25) is 0 Å². The molecule has 1 aliphatic carbocycles. The summed E-state index contributed by atoms with van der Waals surface area (Å²) >= 11 is 0. The van der Waals surface area contributed by atoms with Gasteiger partial charge in [0.05, 0.1) is 12.6 Å². The number of aryl methyl sites for hydroxylation is 2. The summed E-state index contributed by atoms with van der Waals surface area (Å²) in [6, 6.07) is 6.61. The quantitative estimate of drug-likeness (QED) is 0.791. The van der Waals surface area contributed by atoms with Crippen molar-refractivity contribution in [3.05, 3.63) is 34.9 Å². The zero-order valence-corrected chi connectivity index (χ0v) is 13.1. The van der Waals surface area contributed by atoms with Gasteiger partial charge in [0.2, 0.25) is 0 Å². The Bertz CT molecular complexity index is 474. The number of ether oxygens (including phenoxy) is 1. The third-order valence-electron chi connectivity index (χ3n) is 4.08. The Balaban J connectivity index is 1.98. The second kappa shape index (κ2) is 8.03. The molecule has 0 radical (unpaired) electrons. The zero-order valence-electron chi connectivity index (χ0n) is 13.1. The van der Waals surface area contributed by atoms with Gasteiger partial charge in [-0.05, 0) is 48.8 Å². The third kappa shape index (κ3) is 4.46. The van der Waals surface area contributed by atoms with E-state index in [4.69, 9.17) is 4.74 Å². The fourth-order valence-corrected chi connectivity index (χ4v) is 2.87. The summed E-state index contributed by atoms with van der Waals surface area (Å²) in [6.45, 7) is 3.16. The van der Waals surface area contributed by atoms with Crippen molar-refractivity contribution in [1.82, 2.24) is 10.6 Å². The number of hydrogen-bond donors (Lipinski definition) is 2. The lowest BCUT2D eigenvalue weighted by Crippen LogP contribution is -2.39. The highest BCUT2D eigenvalue weighted by Crippen LogP contribution is 2.25. The average Bonchev–Trinajstić information content (AvgIpc) is 2.52. The molecular formula is C17H26N2O2. The van der Waals surface area contributed by atoms with Crippen LogP contribution in [0.3, 0.4) is 0 Å². The van der Waals surface area contributed by atoms with Gasteiger partial charge in [-0.15, -0.1) is 0 Å². The monoisotopic (exact) mass is 290 g/mol. The number of fused-ring (bicyclic) bond motifs is 1. The van der Waals surface area contributed by atoms with Gasteiger partial charge in [0, 0.05) is 13.7 Å². The van der Waals surface area contributed by atoms with Gasteiger partial charge in [-0.1, -0.05) is 25.1 Å². The molecule has 1 aromatic rings. The molecule has 2 amide bonds. The minimum atomic E-state index is -0.128. The predicted octanol–water partition coefficient (Wildman–Crippen LogP) is 2.96. The van der Waals surface area contributed by atoms with Crippen LogP contribution < -0.4 is 10.6 Å². The van der Waals surface area contributed by atoms with Crippen molar-refractivity contribution in [2.45, 2.75) is 45.1 Å². The molecule has 0 saturated heterocycles. The van der Waals surface area contributed by atoms with Crippen LogP contribution in [0.1, 0.15) is 48.9 Å². The fraction of sp³-hybridized carbons (Fsp3) is 0.588. The van der Waals surface area contributed by atoms with Gasteiger partial charge in [-0.2, -0.15) is 0 Å². The van der Waals surface area contributed by atoms with E-state index in [1.165, 1.54) is 42.4 Å². The third-order valence-corrected chi connectivity index (χ3v) is 4.08. The van der Waals surface area contributed by atoms with E-state index in [2.05, 4.69) is 35.8 Å². The first-order chi connectivity index (χ1) is 10.2. The van der Waals surface area contributed by atoms with Crippen LogP contribution >= 0.6 is 0 Å². The number of benzene rings is 1. The van der Waals surface area contributed by atoms with Crippen molar-refractivity contribution in [1.29, 1.82) is 0 Å². The van der Waals surface area contributed by atoms with Crippen molar-refractivity contribution in [3.63, 3.8) is 0 Å². The summed E-state index contributed by atoms with van der Waals surface area (Å²) in [5.41, 5.74) is 4.14. The van der Waals surface area contributed by atoms with Crippen LogP contribution in [0.5, 0.6) is 0 Å². The molecule has 0 fully saturated rings. The first kappa shape index (κ1) is 15.8. The molecule has 1 aromatic carbocycles. The van der Waals surface area contributed by atoms with Crippen LogP contribution in [0.4, 0.5) is 4.79 Å². The summed E-state index contributed by atoms with van der Waals surface area (Å²) in [4.78, 5) is 11.9. The average molecular weight is 290 g/mol. The van der Waals surface area contributed by atoms with E-state index < -0.39 is 0 Å². The van der Waals surface area contributed by atoms with E-state index in [0.717, 1.165) is 6.42 Å². The highest BCUT2D eigenvalue weighted by Gasteiger charge is 2.15. The number of carbonyl (C=O) groups is 1. The van der Waals surface area contributed by atoms with Gasteiger partial charge >= 0.3 is 6.03 Å². The fourth-order valence-electron chi connectivity index (χ4n) is 2.87. The summed E-state index contributed by atoms with van der Waals surface area (Å²) in [5.74, 6) is 0. The number of methoxy groups -OCH3 is 1. The molecule has 1 atom stereocenters. The van der Waals surface area contributed by atoms with E-state index >= 15 is 0 Å². The zero-order chi connectivity index (χ0) is 15.1. The van der Waals surface area contributed by atoms with Gasteiger partial charge in [0.1, 0.15) is 0 Å². The molecule has 2 N–H and O–H groups in total. The molecule has 0 aromatic heterocycles. The summed E-state index contributed by atoms with van der Waals surface area (Å²) in [6.07, 6.45) is 5.81. The minimum Gasteiger partial charge on any atom is -0.383 e. The molecule has 0 bridgehead atoms. The number of nitrogens with one attached hydrogen (secondary N) is 2. The SMILES string of the molecule is CCC(NC(=O)NCCOC)c1ccc2c(c1)CCCC2. The maximum absolute atomic E-state index is 11.9. The van der Waals surface area contributed by atoms with E-state index in [0.29, 0.717) is 13.2 Å². The number of rotatable bonds is 6. The normalized spacial score (nSPS) is 15.1. The Morgan fingerprint density at radius 3 is 2.76 bits per heavy atom. The highest BCUT2D eigenvalue weighted by atomic mass is 16.5. The van der Waals surface area contributed by atoms with E-state index in [9.17, 15) is 4.79 Å². The predicted molar refractivity (Wildman–Crippen MR) is 84.5 cm³/mol. The van der Waals surface area contributed by atoms with Crippen molar-refractivity contribution in [2.24, 2.45) is 0 Å². The van der Waals surface area contributed by atoms with Crippen molar-refractivity contribution < 1.29 is 9.53 Å². The number of hydrogen-bond acceptors (Lipinski definition) is 2. The summed E-state index contributed by atoms with van der Waals surface area (Å²) < 4.78 is 4.93. The van der Waals surface area contributed by atoms with Gasteiger partial charge in [0.15, 0.2) is 0 Å². The second-order valence-electron chi connectivity index (χ2n) is 5.59. The van der Waals surface area contributed by atoms with Crippen LogP contribution in [0.2, 0.25) is 0 Å². The number of carbonyl (C=O) groups excluding carboxylic acids is 1. The summed E-state index contributed by atoms with van der Waals surface area (Å²) in [5, 5.41) is 5.85. The number of urea groups is 1. The maximum Gasteiger partial charge on any atom is 0.315 e. The lowest BCUT2D eigenvalue weighted by atomic mass is 9.89. The van der Waals surface area contributed by atoms with Crippen LogP contribution in [0.15, 0.2) is 18.2 Å². The summed E-state index contributed by atoms with van der Waals surface area (Å²) in [7, 11) is 1.63. The molecule has 0 aliphatic heterocycles. The molecule has 4 heteroatoms. The van der Waals surface area contributed by atoms with E-state index in [1.807, 2.05) is 0 Å². The molecule has 0 saturated carbocycles. The minimum absolute atomic E-state index is 0.0692. The molecule has 2 rings (SSSR count). The molecule has 116 valence electrons. The molecule has 0 spiro atoms. The van der Waals surface area contributed by atoms with Gasteiger partial charge < -0.3 is 15.4 Å². The Morgan fingerprint density at radius 2 is 2.05 bits per heavy atom. The largest absolute Gasteiger partial charge is 0.383 e. The topological polar surface area (TPSA) is 50.4 Å². The van der Waals surface area contributed by atoms with Crippen LogP contribution in [0, 0.1) is 0 Å². The maximum atomic E-state index is 11.9. The molecule has 0 heterocycles. The first-order valence-electron chi connectivity index (χ1n) is 7.89. The Hall–Kier alpha value is -1.55. The lowest BCUT2D eigenvalue weighted by Gasteiger charge is -2.22. The van der Waals surface area contributed by atoms with Crippen LogP contribution in [-0.4, -0.2) is 26.3 Å². The van der Waals surface area contributed by atoms with Crippen LogP contribution in [-0.2, 0) is 17.6 Å². The second-order valence-corrected chi connectivity index (χ2v) is 5.59. The highest BCUT2D eigenvalue weighted by molar-refractivity contribution is 5.74. The standard InChI is InChI=1S/C17H26N2O2/c1-3-16(19-17(20)18-10-11-21-2)15-9-8-13-6-4-5-7-14(13)12-15/h8-9,12,16H,3-7,10-11H2,1-2H3,(H2,18,19,20). The molecule has 4 nitrogen and oxygen atoms in total. The van der Waals surface area contributed by atoms with Crippen molar-refractivity contribution >= 4 is 6.03 Å². The van der Waals surface area contributed by atoms with Crippen molar-refractivity contribution in [2.75, 3.05) is 20.3 Å². The van der Waals surface area contributed by atoms with Gasteiger partial charge in [-0.25, -0.2) is 4.79 Å². The van der Waals surface area contributed by atoms with Crippen molar-refractivity contribution in [3.8, 4) is 0 Å². The number of amides is 2. The smallest absolute Gasteiger partial charge is 0.315 e. The first-order valence-corrected chi connectivity index (χ1v) is 7.89. The Kier molecular flexibility index (Phi) is 6.05. The molecule has 1 unspecified atom stereocenters. The molecular weight excluding hydrogens is 264 g/mol. The molecule has 21 heavy (non-hydrogen) atoms. The van der Waals surface area contributed by atoms with E-state index in [1.54, 1.807) is 7.11 Å². The Morgan fingerprint density at radius 1 is 1.29 bits per heavy atom. The Labute approximate surface area is 127 Å².